The van der Waals surface area contributed by atoms with E-state index in [0.717, 1.165) is 21.8 Å². The number of hydrogen-bond donors (Lipinski definition) is 2. The van der Waals surface area contributed by atoms with E-state index in [2.05, 4.69) is 4.98 Å². The SMILES string of the molecule is Cl.Cl.NC(=O)c1cccc2c1[nH]c1ccccc12. The van der Waals surface area contributed by atoms with Crippen LogP contribution >= 0.6 is 24.8 Å². The monoisotopic (exact) mass is 282 g/mol. The van der Waals surface area contributed by atoms with Gasteiger partial charge >= 0.3 is 0 Å². The van der Waals surface area contributed by atoms with E-state index < -0.39 is 5.91 Å². The molecule has 3 aromatic rings. The molecule has 3 rings (SSSR count). The van der Waals surface area contributed by atoms with Gasteiger partial charge in [0.15, 0.2) is 0 Å². The molecule has 0 saturated carbocycles. The molecule has 3 nitrogen and oxygen atoms in total. The second-order valence-electron chi connectivity index (χ2n) is 3.76. The van der Waals surface area contributed by atoms with Gasteiger partial charge in [-0.2, -0.15) is 0 Å². The van der Waals surface area contributed by atoms with E-state index in [1.807, 2.05) is 36.4 Å². The number of para-hydroxylation sites is 2. The quantitative estimate of drug-likeness (QED) is 0.707. The zero-order valence-electron chi connectivity index (χ0n) is 9.34. The molecule has 94 valence electrons. The fourth-order valence-corrected chi connectivity index (χ4v) is 2.08. The minimum Gasteiger partial charge on any atom is -0.366 e. The van der Waals surface area contributed by atoms with E-state index in [0.29, 0.717) is 5.56 Å². The molecule has 0 unspecified atom stereocenters. The van der Waals surface area contributed by atoms with Crippen LogP contribution < -0.4 is 5.73 Å². The van der Waals surface area contributed by atoms with Crippen molar-refractivity contribution in [2.45, 2.75) is 0 Å². The number of aromatic amines is 1. The van der Waals surface area contributed by atoms with Gasteiger partial charge in [-0.3, -0.25) is 4.79 Å². The molecule has 0 aliphatic rings. The van der Waals surface area contributed by atoms with Crippen LogP contribution in [-0.2, 0) is 0 Å². The maximum Gasteiger partial charge on any atom is 0.250 e. The number of H-pyrrole nitrogens is 1. The molecular formula is C13H12Cl2N2O. The fourth-order valence-electron chi connectivity index (χ4n) is 2.08. The van der Waals surface area contributed by atoms with Gasteiger partial charge in [0, 0.05) is 16.3 Å². The first-order chi connectivity index (χ1) is 7.77. The van der Waals surface area contributed by atoms with Crippen LogP contribution in [0.2, 0.25) is 0 Å². The third-order valence-electron chi connectivity index (χ3n) is 2.81. The summed E-state index contributed by atoms with van der Waals surface area (Å²) >= 11 is 0. The Labute approximate surface area is 116 Å². The van der Waals surface area contributed by atoms with Crippen LogP contribution in [0.3, 0.4) is 0 Å². The Kier molecular flexibility index (Phi) is 4.22. The lowest BCUT2D eigenvalue weighted by Crippen LogP contribution is -2.11. The normalized spacial score (nSPS) is 9.78. The molecule has 0 atom stereocenters. The van der Waals surface area contributed by atoms with E-state index in [9.17, 15) is 4.79 Å². The summed E-state index contributed by atoms with van der Waals surface area (Å²) < 4.78 is 0. The van der Waals surface area contributed by atoms with Gasteiger partial charge in [-0.15, -0.1) is 24.8 Å². The average Bonchev–Trinajstić information content (AvgIpc) is 2.67. The van der Waals surface area contributed by atoms with Crippen molar-refractivity contribution < 1.29 is 4.79 Å². The Bertz CT molecular complexity index is 706. The van der Waals surface area contributed by atoms with Gasteiger partial charge in [-0.1, -0.05) is 30.3 Å². The predicted octanol–water partition coefficient (Wildman–Crippen LogP) is 3.26. The molecule has 0 spiro atoms. The third-order valence-corrected chi connectivity index (χ3v) is 2.81. The molecule has 3 N–H and O–H groups in total. The topological polar surface area (TPSA) is 58.9 Å². The largest absolute Gasteiger partial charge is 0.366 e. The molecule has 18 heavy (non-hydrogen) atoms. The maximum atomic E-state index is 11.3. The summed E-state index contributed by atoms with van der Waals surface area (Å²) in [5, 5.41) is 2.15. The Morgan fingerprint density at radius 3 is 2.33 bits per heavy atom. The van der Waals surface area contributed by atoms with E-state index >= 15 is 0 Å². The summed E-state index contributed by atoms with van der Waals surface area (Å²) in [5.74, 6) is -0.405. The van der Waals surface area contributed by atoms with Crippen molar-refractivity contribution >= 4 is 52.5 Å². The van der Waals surface area contributed by atoms with Gasteiger partial charge < -0.3 is 10.7 Å². The average molecular weight is 283 g/mol. The predicted molar refractivity (Wildman–Crippen MR) is 78.8 cm³/mol. The first-order valence-corrected chi connectivity index (χ1v) is 5.06. The van der Waals surface area contributed by atoms with Gasteiger partial charge in [-0.05, 0) is 12.1 Å². The van der Waals surface area contributed by atoms with Gasteiger partial charge in [-0.25, -0.2) is 0 Å². The van der Waals surface area contributed by atoms with Crippen LogP contribution in [-0.4, -0.2) is 10.9 Å². The molecule has 0 saturated heterocycles. The minimum atomic E-state index is -0.405. The van der Waals surface area contributed by atoms with E-state index in [1.165, 1.54) is 0 Å². The number of rotatable bonds is 1. The maximum absolute atomic E-state index is 11.3. The van der Waals surface area contributed by atoms with Crippen LogP contribution in [0.4, 0.5) is 0 Å². The lowest BCUT2D eigenvalue weighted by molar-refractivity contribution is 0.100. The van der Waals surface area contributed by atoms with Crippen LogP contribution in [0.5, 0.6) is 0 Å². The number of nitrogens with one attached hydrogen (secondary N) is 1. The van der Waals surface area contributed by atoms with Gasteiger partial charge in [0.25, 0.3) is 5.91 Å². The molecule has 0 aliphatic carbocycles. The summed E-state index contributed by atoms with van der Waals surface area (Å²) in [6.45, 7) is 0. The van der Waals surface area contributed by atoms with Crippen molar-refractivity contribution in [3.8, 4) is 0 Å². The summed E-state index contributed by atoms with van der Waals surface area (Å²) in [4.78, 5) is 14.5. The zero-order chi connectivity index (χ0) is 11.1. The van der Waals surface area contributed by atoms with Crippen molar-refractivity contribution in [3.63, 3.8) is 0 Å². The standard InChI is InChI=1S/C13H10N2O.2ClH/c14-13(16)10-6-3-5-9-8-4-1-2-7-11(8)15-12(9)10;;/h1-7,15H,(H2,14,16);2*1H. The number of fused-ring (bicyclic) bond motifs is 3. The molecule has 0 fully saturated rings. The number of nitrogens with two attached hydrogens (primary N) is 1. The summed E-state index contributed by atoms with van der Waals surface area (Å²) in [6.07, 6.45) is 0. The van der Waals surface area contributed by atoms with Gasteiger partial charge in [0.05, 0.1) is 11.1 Å². The van der Waals surface area contributed by atoms with Crippen LogP contribution in [0, 0.1) is 0 Å². The van der Waals surface area contributed by atoms with Crippen LogP contribution in [0.15, 0.2) is 42.5 Å². The number of benzene rings is 2. The van der Waals surface area contributed by atoms with Crippen molar-refractivity contribution in [3.05, 3.63) is 48.0 Å². The van der Waals surface area contributed by atoms with E-state index in [4.69, 9.17) is 5.73 Å². The Morgan fingerprint density at radius 1 is 0.944 bits per heavy atom. The van der Waals surface area contributed by atoms with Gasteiger partial charge in [0.1, 0.15) is 0 Å². The summed E-state index contributed by atoms with van der Waals surface area (Å²) in [7, 11) is 0. The van der Waals surface area contributed by atoms with E-state index in [-0.39, 0.29) is 24.8 Å². The van der Waals surface area contributed by atoms with Gasteiger partial charge in [0.2, 0.25) is 0 Å². The molecule has 1 heterocycles. The minimum absolute atomic E-state index is 0. The lowest BCUT2D eigenvalue weighted by Gasteiger charge is -1.96. The molecule has 2 aromatic carbocycles. The second kappa shape index (κ2) is 5.29. The number of hydrogen-bond acceptors (Lipinski definition) is 1. The Hall–Kier alpha value is -1.71. The van der Waals surface area contributed by atoms with Crippen LogP contribution in [0.1, 0.15) is 10.4 Å². The zero-order valence-corrected chi connectivity index (χ0v) is 11.0. The highest BCUT2D eigenvalue weighted by atomic mass is 35.5. The number of aromatic nitrogens is 1. The molecule has 0 radical (unpaired) electrons. The molecular weight excluding hydrogens is 271 g/mol. The highest BCUT2D eigenvalue weighted by Gasteiger charge is 2.10. The van der Waals surface area contributed by atoms with E-state index in [1.54, 1.807) is 6.07 Å². The van der Waals surface area contributed by atoms with Crippen molar-refractivity contribution in [1.29, 1.82) is 0 Å². The molecule has 0 bridgehead atoms. The van der Waals surface area contributed by atoms with Crippen LogP contribution in [0.25, 0.3) is 21.8 Å². The molecule has 0 aliphatic heterocycles. The number of amides is 1. The smallest absolute Gasteiger partial charge is 0.250 e. The fraction of sp³-hybridized carbons (Fsp3) is 0. The molecule has 1 amide bonds. The number of carbonyl (C=O) groups excluding carboxylic acids is 1. The highest BCUT2D eigenvalue weighted by Crippen LogP contribution is 2.26. The number of carbonyl (C=O) groups is 1. The molecule has 1 aromatic heterocycles. The Morgan fingerprint density at radius 2 is 1.61 bits per heavy atom. The summed E-state index contributed by atoms with van der Waals surface area (Å²) in [5.41, 5.74) is 7.71. The first-order valence-electron chi connectivity index (χ1n) is 5.06. The highest BCUT2D eigenvalue weighted by molar-refractivity contribution is 6.14. The van der Waals surface area contributed by atoms with Crippen molar-refractivity contribution in [2.24, 2.45) is 5.73 Å². The number of primary amides is 1. The molecule has 5 heteroatoms. The second-order valence-corrected chi connectivity index (χ2v) is 3.76. The Balaban J connectivity index is 0.000000810. The van der Waals surface area contributed by atoms with Crippen molar-refractivity contribution in [1.82, 2.24) is 4.98 Å². The van der Waals surface area contributed by atoms with Crippen molar-refractivity contribution in [2.75, 3.05) is 0 Å². The number of halogens is 2. The third kappa shape index (κ3) is 2.03. The first kappa shape index (κ1) is 14.4. The lowest BCUT2D eigenvalue weighted by atomic mass is 10.1. The summed E-state index contributed by atoms with van der Waals surface area (Å²) in [6, 6.07) is 13.5.